The zero-order valence-corrected chi connectivity index (χ0v) is 12.4. The van der Waals surface area contributed by atoms with E-state index in [1.807, 2.05) is 18.2 Å². The largest absolute Gasteiger partial charge is 0.309 e. The molecule has 0 saturated carbocycles. The molecule has 2 heteroatoms. The summed E-state index contributed by atoms with van der Waals surface area (Å²) in [6.07, 6.45) is 0. The molecule has 4 aromatic rings. The van der Waals surface area contributed by atoms with Crippen LogP contribution in [0.3, 0.4) is 0 Å². The number of hydrogen-bond acceptors (Lipinski definition) is 0. The van der Waals surface area contributed by atoms with Crippen molar-refractivity contribution in [3.05, 3.63) is 77.3 Å². The van der Waals surface area contributed by atoms with Crippen molar-refractivity contribution in [3.63, 3.8) is 0 Å². The quantitative estimate of drug-likeness (QED) is 0.421. The smallest absolute Gasteiger partial charge is 0.0556 e. The van der Waals surface area contributed by atoms with Crippen LogP contribution in [0.2, 0.25) is 5.02 Å². The molecule has 1 heterocycles. The number of nitrogens with zero attached hydrogens (tertiary/aromatic N) is 1. The lowest BCUT2D eigenvalue weighted by molar-refractivity contribution is 1.18. The lowest BCUT2D eigenvalue weighted by Gasteiger charge is -2.07. The zero-order valence-electron chi connectivity index (χ0n) is 11.7. The van der Waals surface area contributed by atoms with E-state index in [2.05, 4.69) is 60.0 Å². The average Bonchev–Trinajstić information content (AvgIpc) is 2.82. The maximum Gasteiger partial charge on any atom is 0.0556 e. The molecule has 0 bridgehead atoms. The Labute approximate surface area is 128 Å². The highest BCUT2D eigenvalue weighted by Gasteiger charge is 2.13. The lowest BCUT2D eigenvalue weighted by atomic mass is 10.1. The van der Waals surface area contributed by atoms with Gasteiger partial charge in [-0.15, -0.1) is 0 Å². The topological polar surface area (TPSA) is 4.93 Å². The van der Waals surface area contributed by atoms with Crippen molar-refractivity contribution >= 4 is 33.4 Å². The van der Waals surface area contributed by atoms with Gasteiger partial charge >= 0.3 is 0 Å². The molecule has 21 heavy (non-hydrogen) atoms. The van der Waals surface area contributed by atoms with Crippen LogP contribution in [0.5, 0.6) is 0 Å². The summed E-state index contributed by atoms with van der Waals surface area (Å²) in [4.78, 5) is 0. The van der Waals surface area contributed by atoms with Gasteiger partial charge < -0.3 is 4.57 Å². The van der Waals surface area contributed by atoms with Gasteiger partial charge in [0.15, 0.2) is 0 Å². The van der Waals surface area contributed by atoms with Gasteiger partial charge in [0.05, 0.1) is 11.0 Å². The van der Waals surface area contributed by atoms with E-state index in [-0.39, 0.29) is 0 Å². The van der Waals surface area contributed by atoms with Gasteiger partial charge in [-0.3, -0.25) is 0 Å². The van der Waals surface area contributed by atoms with Gasteiger partial charge in [-0.2, -0.15) is 0 Å². The van der Waals surface area contributed by atoms with Gasteiger partial charge in [-0.05, 0) is 42.8 Å². The number of benzene rings is 3. The van der Waals surface area contributed by atoms with Gasteiger partial charge in [0.25, 0.3) is 0 Å². The van der Waals surface area contributed by atoms with Crippen LogP contribution >= 0.6 is 11.6 Å². The molecular weight excluding hydrogens is 278 g/mol. The molecule has 0 unspecified atom stereocenters. The molecule has 0 aliphatic carbocycles. The molecule has 0 radical (unpaired) electrons. The van der Waals surface area contributed by atoms with E-state index in [9.17, 15) is 0 Å². The molecule has 4 rings (SSSR count). The third kappa shape index (κ3) is 1.85. The van der Waals surface area contributed by atoms with Crippen LogP contribution in [0.25, 0.3) is 27.5 Å². The maximum atomic E-state index is 6.23. The first-order valence-electron chi connectivity index (χ1n) is 7.00. The minimum absolute atomic E-state index is 0.764. The summed E-state index contributed by atoms with van der Waals surface area (Å²) in [7, 11) is 0. The molecule has 3 aromatic carbocycles. The van der Waals surface area contributed by atoms with Crippen molar-refractivity contribution in [2.45, 2.75) is 6.92 Å². The van der Waals surface area contributed by atoms with Gasteiger partial charge in [0.1, 0.15) is 0 Å². The number of aromatic nitrogens is 1. The van der Waals surface area contributed by atoms with Gasteiger partial charge in [0, 0.05) is 21.5 Å². The highest BCUT2D eigenvalue weighted by atomic mass is 35.5. The first-order chi connectivity index (χ1) is 10.3. The van der Waals surface area contributed by atoms with E-state index in [4.69, 9.17) is 11.6 Å². The minimum atomic E-state index is 0.764. The summed E-state index contributed by atoms with van der Waals surface area (Å²) >= 11 is 6.23. The van der Waals surface area contributed by atoms with Crippen molar-refractivity contribution in [2.24, 2.45) is 0 Å². The Kier molecular flexibility index (Phi) is 2.76. The molecule has 0 fully saturated rings. The molecular formula is C19H14ClN. The van der Waals surface area contributed by atoms with Crippen LogP contribution < -0.4 is 0 Å². The Morgan fingerprint density at radius 3 is 2.43 bits per heavy atom. The van der Waals surface area contributed by atoms with E-state index in [0.717, 1.165) is 16.2 Å². The fourth-order valence-electron chi connectivity index (χ4n) is 3.08. The number of fused-ring (bicyclic) bond motifs is 3. The first kappa shape index (κ1) is 12.5. The Morgan fingerprint density at radius 2 is 1.62 bits per heavy atom. The molecule has 0 aliphatic rings. The van der Waals surface area contributed by atoms with Crippen molar-refractivity contribution in [1.29, 1.82) is 0 Å². The van der Waals surface area contributed by atoms with Crippen LogP contribution in [0.15, 0.2) is 66.7 Å². The monoisotopic (exact) mass is 291 g/mol. The molecule has 102 valence electrons. The Morgan fingerprint density at radius 1 is 0.810 bits per heavy atom. The molecule has 0 amide bonds. The van der Waals surface area contributed by atoms with Crippen LogP contribution in [-0.4, -0.2) is 4.57 Å². The first-order valence-corrected chi connectivity index (χ1v) is 7.38. The van der Waals surface area contributed by atoms with Crippen LogP contribution in [0, 0.1) is 6.92 Å². The van der Waals surface area contributed by atoms with Crippen molar-refractivity contribution in [1.82, 2.24) is 4.57 Å². The van der Waals surface area contributed by atoms with Gasteiger partial charge in [-0.1, -0.05) is 48.0 Å². The van der Waals surface area contributed by atoms with Crippen LogP contribution in [0.1, 0.15) is 5.56 Å². The van der Waals surface area contributed by atoms with Crippen molar-refractivity contribution < 1.29 is 0 Å². The second-order valence-electron chi connectivity index (χ2n) is 5.30. The minimum Gasteiger partial charge on any atom is -0.309 e. The van der Waals surface area contributed by atoms with E-state index in [1.165, 1.54) is 21.9 Å². The summed E-state index contributed by atoms with van der Waals surface area (Å²) in [6, 6.07) is 23.0. The Bertz CT molecular complexity index is 952. The molecule has 0 N–H and O–H groups in total. The van der Waals surface area contributed by atoms with E-state index < -0.39 is 0 Å². The van der Waals surface area contributed by atoms with E-state index in [0.29, 0.717) is 0 Å². The number of para-hydroxylation sites is 1. The second kappa shape index (κ2) is 4.64. The summed E-state index contributed by atoms with van der Waals surface area (Å²) in [6.45, 7) is 2.16. The fourth-order valence-corrected chi connectivity index (χ4v) is 3.24. The highest BCUT2D eigenvalue weighted by molar-refractivity contribution is 6.31. The molecule has 1 aromatic heterocycles. The van der Waals surface area contributed by atoms with Crippen LogP contribution in [-0.2, 0) is 0 Å². The zero-order chi connectivity index (χ0) is 14.4. The molecule has 0 spiro atoms. The van der Waals surface area contributed by atoms with Gasteiger partial charge in [-0.25, -0.2) is 0 Å². The summed E-state index contributed by atoms with van der Waals surface area (Å²) < 4.78 is 2.28. The van der Waals surface area contributed by atoms with Gasteiger partial charge in [0.2, 0.25) is 0 Å². The summed E-state index contributed by atoms with van der Waals surface area (Å²) in [5.74, 6) is 0. The number of hydrogen-bond donors (Lipinski definition) is 0. The average molecular weight is 292 g/mol. The lowest BCUT2D eigenvalue weighted by Crippen LogP contribution is -1.92. The Hall–Kier alpha value is -2.25. The third-order valence-electron chi connectivity index (χ3n) is 3.98. The summed E-state index contributed by atoms with van der Waals surface area (Å²) in [5.41, 5.74) is 4.82. The predicted molar refractivity (Wildman–Crippen MR) is 90.5 cm³/mol. The summed E-state index contributed by atoms with van der Waals surface area (Å²) in [5, 5.41) is 3.31. The Balaban J connectivity index is 2.26. The molecule has 1 nitrogen and oxygen atoms in total. The van der Waals surface area contributed by atoms with E-state index >= 15 is 0 Å². The molecule has 0 saturated heterocycles. The standard InChI is InChI=1S/C19H14ClN/c1-13-6-5-9-17-19(13)16-11-10-14(20)12-18(16)21(17)15-7-3-2-4-8-15/h2-12H,1H3. The van der Waals surface area contributed by atoms with Crippen molar-refractivity contribution in [3.8, 4) is 5.69 Å². The van der Waals surface area contributed by atoms with E-state index in [1.54, 1.807) is 0 Å². The molecule has 0 atom stereocenters. The molecule has 0 aliphatic heterocycles. The van der Waals surface area contributed by atoms with Crippen LogP contribution in [0.4, 0.5) is 0 Å². The number of aryl methyl sites for hydroxylation is 1. The number of halogens is 1. The predicted octanol–water partition coefficient (Wildman–Crippen LogP) is 5.75. The second-order valence-corrected chi connectivity index (χ2v) is 5.74. The highest BCUT2D eigenvalue weighted by Crippen LogP contribution is 2.35. The maximum absolute atomic E-state index is 6.23. The third-order valence-corrected chi connectivity index (χ3v) is 4.21. The normalized spacial score (nSPS) is 11.3. The van der Waals surface area contributed by atoms with Crippen molar-refractivity contribution in [2.75, 3.05) is 0 Å². The fraction of sp³-hybridized carbons (Fsp3) is 0.0526. The number of rotatable bonds is 1. The SMILES string of the molecule is Cc1cccc2c1c1ccc(Cl)cc1n2-c1ccccc1.